The maximum atomic E-state index is 11.4. The zero-order chi connectivity index (χ0) is 13.2. The molecule has 1 saturated heterocycles. The van der Waals surface area contributed by atoms with E-state index in [0.29, 0.717) is 6.42 Å². The number of ether oxygens (including phenoxy) is 1. The highest BCUT2D eigenvalue weighted by atomic mass is 16.5. The van der Waals surface area contributed by atoms with E-state index in [9.17, 15) is 4.79 Å². The highest BCUT2D eigenvalue weighted by Gasteiger charge is 2.28. The summed E-state index contributed by atoms with van der Waals surface area (Å²) in [5.74, 6) is 0.0873. The van der Waals surface area contributed by atoms with Crippen molar-refractivity contribution in [2.45, 2.75) is 38.3 Å². The van der Waals surface area contributed by atoms with E-state index in [4.69, 9.17) is 4.74 Å². The van der Waals surface area contributed by atoms with Gasteiger partial charge in [-0.15, -0.1) is 0 Å². The second-order valence-electron chi connectivity index (χ2n) is 5.23. The molecule has 0 bridgehead atoms. The fraction of sp³-hybridized carbons (Fsp3) is 0.533. The number of carbonyl (C=O) groups is 1. The molecule has 1 amide bonds. The summed E-state index contributed by atoms with van der Waals surface area (Å²) in [4.78, 5) is 11.4. The predicted octanol–water partition coefficient (Wildman–Crippen LogP) is 2.01. The van der Waals surface area contributed by atoms with Crippen molar-refractivity contribution in [2.24, 2.45) is 0 Å². The Bertz CT molecular complexity index is 481. The van der Waals surface area contributed by atoms with E-state index in [1.54, 1.807) is 0 Å². The largest absolute Gasteiger partial charge is 0.376 e. The normalized spacial score (nSPS) is 23.2. The van der Waals surface area contributed by atoms with Gasteiger partial charge in [0.2, 0.25) is 5.91 Å². The van der Waals surface area contributed by atoms with Crippen LogP contribution in [0, 0.1) is 0 Å². The van der Waals surface area contributed by atoms with Crippen molar-refractivity contribution < 1.29 is 9.53 Å². The molecule has 0 aromatic heterocycles. The minimum atomic E-state index is 0.0873. The molecule has 4 heteroatoms. The van der Waals surface area contributed by atoms with Gasteiger partial charge in [-0.05, 0) is 36.6 Å². The Balaban J connectivity index is 1.86. The summed E-state index contributed by atoms with van der Waals surface area (Å²) in [6.07, 6.45) is 2.99. The molecule has 1 fully saturated rings. The standard InChI is InChI=1S/C15H20N2O2/c1-2-16-15(13-4-3-7-19-13)10-5-6-12-11(8-10)9-14(18)17-12/h5-6,8,13,15-16H,2-4,7,9H2,1H3,(H,17,18). The van der Waals surface area contributed by atoms with Gasteiger partial charge in [0.15, 0.2) is 0 Å². The molecule has 1 aromatic rings. The van der Waals surface area contributed by atoms with E-state index in [1.165, 1.54) is 5.56 Å². The highest BCUT2D eigenvalue weighted by Crippen LogP contribution is 2.31. The predicted molar refractivity (Wildman–Crippen MR) is 74.2 cm³/mol. The molecule has 2 aliphatic heterocycles. The second-order valence-corrected chi connectivity index (χ2v) is 5.23. The van der Waals surface area contributed by atoms with E-state index in [-0.39, 0.29) is 18.1 Å². The zero-order valence-corrected chi connectivity index (χ0v) is 11.2. The molecule has 4 nitrogen and oxygen atoms in total. The van der Waals surface area contributed by atoms with Crippen molar-refractivity contribution in [3.8, 4) is 0 Å². The first kappa shape index (κ1) is 12.6. The molecular formula is C15H20N2O2. The van der Waals surface area contributed by atoms with Gasteiger partial charge in [-0.25, -0.2) is 0 Å². The van der Waals surface area contributed by atoms with Crippen LogP contribution in [-0.4, -0.2) is 25.2 Å². The Kier molecular flexibility index (Phi) is 3.53. The SMILES string of the molecule is CCNC(c1ccc2c(c1)CC(=O)N2)C1CCCO1. The lowest BCUT2D eigenvalue weighted by molar-refractivity contribution is -0.115. The topological polar surface area (TPSA) is 50.4 Å². The molecule has 102 valence electrons. The lowest BCUT2D eigenvalue weighted by Crippen LogP contribution is -2.31. The van der Waals surface area contributed by atoms with E-state index in [0.717, 1.165) is 37.2 Å². The Morgan fingerprint density at radius 3 is 3.16 bits per heavy atom. The average Bonchev–Trinajstić information content (AvgIpc) is 3.02. The summed E-state index contributed by atoms with van der Waals surface area (Å²) >= 11 is 0. The van der Waals surface area contributed by atoms with Crippen molar-refractivity contribution in [1.82, 2.24) is 5.32 Å². The number of fused-ring (bicyclic) bond motifs is 1. The van der Waals surface area contributed by atoms with Gasteiger partial charge in [-0.1, -0.05) is 19.1 Å². The number of likely N-dealkylation sites (N-methyl/N-ethyl adjacent to an activating group) is 1. The van der Waals surface area contributed by atoms with Crippen LogP contribution in [0.4, 0.5) is 5.69 Å². The first-order valence-electron chi connectivity index (χ1n) is 7.05. The van der Waals surface area contributed by atoms with Crippen LogP contribution in [0.15, 0.2) is 18.2 Å². The first-order valence-corrected chi connectivity index (χ1v) is 7.05. The first-order chi connectivity index (χ1) is 9.28. The Hall–Kier alpha value is -1.39. The van der Waals surface area contributed by atoms with Crippen molar-refractivity contribution in [2.75, 3.05) is 18.5 Å². The smallest absolute Gasteiger partial charge is 0.228 e. The van der Waals surface area contributed by atoms with Crippen LogP contribution in [0.3, 0.4) is 0 Å². The highest BCUT2D eigenvalue weighted by molar-refractivity contribution is 5.99. The number of hydrogen-bond donors (Lipinski definition) is 2. The molecule has 0 saturated carbocycles. The van der Waals surface area contributed by atoms with Gasteiger partial charge < -0.3 is 15.4 Å². The summed E-state index contributed by atoms with van der Waals surface area (Å²) in [6.45, 7) is 3.89. The molecule has 0 radical (unpaired) electrons. The molecule has 3 rings (SSSR count). The lowest BCUT2D eigenvalue weighted by Gasteiger charge is -2.24. The van der Waals surface area contributed by atoms with Crippen molar-refractivity contribution in [3.05, 3.63) is 29.3 Å². The molecule has 19 heavy (non-hydrogen) atoms. The third-order valence-electron chi connectivity index (χ3n) is 3.87. The monoisotopic (exact) mass is 260 g/mol. The fourth-order valence-electron chi connectivity index (χ4n) is 2.99. The van der Waals surface area contributed by atoms with Gasteiger partial charge in [0.1, 0.15) is 0 Å². The molecule has 0 aliphatic carbocycles. The van der Waals surface area contributed by atoms with Gasteiger partial charge in [0.05, 0.1) is 18.6 Å². The van der Waals surface area contributed by atoms with Crippen molar-refractivity contribution in [3.63, 3.8) is 0 Å². The number of hydrogen-bond acceptors (Lipinski definition) is 3. The van der Waals surface area contributed by atoms with E-state index in [2.05, 4.69) is 29.7 Å². The van der Waals surface area contributed by atoms with Gasteiger partial charge >= 0.3 is 0 Å². The number of carbonyl (C=O) groups excluding carboxylic acids is 1. The number of nitrogens with one attached hydrogen (secondary N) is 2. The molecule has 2 unspecified atom stereocenters. The Morgan fingerprint density at radius 1 is 1.53 bits per heavy atom. The van der Waals surface area contributed by atoms with Gasteiger partial charge in [0.25, 0.3) is 0 Å². The lowest BCUT2D eigenvalue weighted by atomic mass is 9.96. The Labute approximate surface area is 113 Å². The van der Waals surface area contributed by atoms with Crippen LogP contribution in [-0.2, 0) is 16.0 Å². The van der Waals surface area contributed by atoms with Crippen LogP contribution in [0.2, 0.25) is 0 Å². The average molecular weight is 260 g/mol. The maximum absolute atomic E-state index is 11.4. The third kappa shape index (κ3) is 2.51. The van der Waals surface area contributed by atoms with Crippen LogP contribution < -0.4 is 10.6 Å². The molecule has 2 aliphatic rings. The molecule has 0 spiro atoms. The summed E-state index contributed by atoms with van der Waals surface area (Å²) in [5.41, 5.74) is 3.28. The number of anilines is 1. The second kappa shape index (κ2) is 5.31. The fourth-order valence-corrected chi connectivity index (χ4v) is 2.99. The quantitative estimate of drug-likeness (QED) is 0.870. The molecular weight excluding hydrogens is 240 g/mol. The van der Waals surface area contributed by atoms with E-state index < -0.39 is 0 Å². The summed E-state index contributed by atoms with van der Waals surface area (Å²) < 4.78 is 5.82. The summed E-state index contributed by atoms with van der Waals surface area (Å²) in [6, 6.07) is 6.48. The molecule has 2 atom stereocenters. The number of amides is 1. The minimum Gasteiger partial charge on any atom is -0.376 e. The third-order valence-corrected chi connectivity index (χ3v) is 3.87. The Morgan fingerprint density at radius 2 is 2.42 bits per heavy atom. The maximum Gasteiger partial charge on any atom is 0.228 e. The van der Waals surface area contributed by atoms with Crippen molar-refractivity contribution in [1.29, 1.82) is 0 Å². The van der Waals surface area contributed by atoms with Crippen LogP contribution in [0.5, 0.6) is 0 Å². The molecule has 1 aromatic carbocycles. The number of benzene rings is 1. The van der Waals surface area contributed by atoms with E-state index in [1.807, 2.05) is 6.07 Å². The van der Waals surface area contributed by atoms with Crippen molar-refractivity contribution >= 4 is 11.6 Å². The van der Waals surface area contributed by atoms with Crippen LogP contribution in [0.1, 0.15) is 36.9 Å². The van der Waals surface area contributed by atoms with E-state index >= 15 is 0 Å². The van der Waals surface area contributed by atoms with Gasteiger partial charge in [-0.2, -0.15) is 0 Å². The molecule has 2 N–H and O–H groups in total. The molecule has 2 heterocycles. The summed E-state index contributed by atoms with van der Waals surface area (Å²) in [7, 11) is 0. The van der Waals surface area contributed by atoms with Crippen LogP contribution >= 0.6 is 0 Å². The summed E-state index contributed by atoms with van der Waals surface area (Å²) in [5, 5.41) is 6.39. The van der Waals surface area contributed by atoms with Gasteiger partial charge in [0, 0.05) is 12.3 Å². The minimum absolute atomic E-state index is 0.0873. The zero-order valence-electron chi connectivity index (χ0n) is 11.2. The van der Waals surface area contributed by atoms with Gasteiger partial charge in [-0.3, -0.25) is 4.79 Å². The number of rotatable bonds is 4. The van der Waals surface area contributed by atoms with Crippen LogP contribution in [0.25, 0.3) is 0 Å².